The summed E-state index contributed by atoms with van der Waals surface area (Å²) in [6.45, 7) is -9.43. The standard InChI is InChI=1S/C65H74N3O.Pt/c1-39(2)45-30-46(40(3)4)32-47(31-45)43-23-26-57(41(5)29-43)68-58-20-18-19-53(59(58)67-61(68)54-37-52(64(12,13)14)38-55(60(54)69)65(15,16)17)48-33-49(35-51(34-48)63(9,10)11)56-36-44(27-28-66-56)42-21-24-50(25-22-42)62(6,7)8;/h18-32,34-40,69H,1-17H3;/q-1;/i5D3,12D3,13D3,14D3,15D3,16D3,17D3,39D,40D;. The Balaban J connectivity index is 0.0000123. The molecule has 4 nitrogen and oxygen atoms in total. The van der Waals surface area contributed by atoms with Crippen LogP contribution in [0.4, 0.5) is 0 Å². The minimum Gasteiger partial charge on any atom is -0.507 e. The Labute approximate surface area is 466 Å². The van der Waals surface area contributed by atoms with Crippen molar-refractivity contribution in [2.45, 2.75) is 151 Å². The SMILES string of the molecule is [2H]C([2H])([2H])c1cc(-c2cc(C([2H])(C)C)cc(C([2H])(C)C)c2)ccc1-n1c(-c2cc(C(C([2H])([2H])[2H])(C([2H])([2H])[2H])C([2H])([2H])[2H])cc(C(C([2H])([2H])[2H])(C([2H])([2H])[2H])C([2H])([2H])[2H])c2O)nc2c(-c3[c-]c(-c4cc(-c5ccc(C(C)(C)C)cc5)ccn4)cc(C(C)(C)C)c3)cccc21.[Pt]. The number of hydrogen-bond acceptors (Lipinski definition) is 3. The molecular weight excluding hydrogens is 1030 g/mol. The van der Waals surface area contributed by atoms with Gasteiger partial charge < -0.3 is 5.11 Å². The van der Waals surface area contributed by atoms with E-state index in [4.69, 9.17) is 37.4 Å². The molecular formula is C65H74N3OPt-. The molecule has 366 valence electrons. The fraction of sp³-hybridized carbons (Fsp3) is 0.354. The van der Waals surface area contributed by atoms with Gasteiger partial charge in [0, 0.05) is 70.0 Å². The number of hydrogen-bond donors (Lipinski definition) is 1. The fourth-order valence-corrected chi connectivity index (χ4v) is 8.54. The zero-order chi connectivity index (χ0) is 69.5. The Bertz CT molecular complexity index is 4010. The van der Waals surface area contributed by atoms with Crippen molar-refractivity contribution in [3.8, 4) is 67.5 Å². The molecule has 0 aliphatic rings. The summed E-state index contributed by atoms with van der Waals surface area (Å²) in [5.41, 5.74) is -6.98. The van der Waals surface area contributed by atoms with E-state index in [1.54, 1.807) is 64.2 Å². The molecule has 0 saturated carbocycles. The van der Waals surface area contributed by atoms with Gasteiger partial charge in [0.05, 0.1) is 22.3 Å². The van der Waals surface area contributed by atoms with Gasteiger partial charge in [-0.1, -0.05) is 194 Å². The summed E-state index contributed by atoms with van der Waals surface area (Å²) in [7, 11) is 0. The van der Waals surface area contributed by atoms with E-state index >= 15 is 0 Å². The van der Waals surface area contributed by atoms with Crippen molar-refractivity contribution in [2.24, 2.45) is 0 Å². The van der Waals surface area contributed by atoms with Gasteiger partial charge in [0.15, 0.2) is 0 Å². The van der Waals surface area contributed by atoms with E-state index < -0.39 is 110 Å². The quantitative estimate of drug-likeness (QED) is 0.154. The first-order chi connectivity index (χ1) is 41.5. The van der Waals surface area contributed by atoms with Crippen molar-refractivity contribution >= 4 is 11.0 Å². The van der Waals surface area contributed by atoms with E-state index in [0.29, 0.717) is 39.6 Å². The second kappa shape index (κ2) is 19.2. The maximum atomic E-state index is 13.1. The zero-order valence-electron chi connectivity index (χ0n) is 64.2. The van der Waals surface area contributed by atoms with Crippen LogP contribution in [0.5, 0.6) is 5.75 Å². The fourth-order valence-electron chi connectivity index (χ4n) is 8.54. The van der Waals surface area contributed by atoms with Crippen LogP contribution < -0.4 is 0 Å². The Hall–Kier alpha value is -5.57. The number of aromatic hydroxyl groups is 1. The molecule has 0 spiro atoms. The van der Waals surface area contributed by atoms with Crippen molar-refractivity contribution in [1.29, 1.82) is 0 Å². The number of aryl methyl sites for hydroxylation is 1. The second-order valence-corrected chi connectivity index (χ2v) is 20.6. The Morgan fingerprint density at radius 1 is 0.586 bits per heavy atom. The molecule has 0 aliphatic carbocycles. The summed E-state index contributed by atoms with van der Waals surface area (Å²) in [5.74, 6) is -4.65. The Morgan fingerprint density at radius 2 is 1.20 bits per heavy atom. The first-order valence-electron chi connectivity index (χ1n) is 34.4. The number of phenolic OH excluding ortho intramolecular Hbond substituents is 1. The summed E-state index contributed by atoms with van der Waals surface area (Å²) >= 11 is 0. The van der Waals surface area contributed by atoms with Crippen LogP contribution in [0.3, 0.4) is 0 Å². The Morgan fingerprint density at radius 3 is 1.81 bits per heavy atom. The number of para-hydroxylation sites is 1. The molecule has 2 heterocycles. The van der Waals surface area contributed by atoms with Crippen LogP contribution in [0.2, 0.25) is 0 Å². The maximum Gasteiger partial charge on any atom is 0.148 e. The summed E-state index contributed by atoms with van der Waals surface area (Å²) in [4.78, 5) is 9.85. The summed E-state index contributed by atoms with van der Waals surface area (Å²) < 4.78 is 205. The van der Waals surface area contributed by atoms with Crippen LogP contribution in [0, 0.1) is 12.9 Å². The third kappa shape index (κ3) is 10.6. The molecule has 2 aromatic heterocycles. The Kier molecular flexibility index (Phi) is 8.15. The molecule has 0 radical (unpaired) electrons. The molecule has 70 heavy (non-hydrogen) atoms. The topological polar surface area (TPSA) is 50.9 Å². The predicted octanol–water partition coefficient (Wildman–Crippen LogP) is 18.0. The summed E-state index contributed by atoms with van der Waals surface area (Å²) in [6, 6.07) is 34.0. The van der Waals surface area contributed by atoms with E-state index in [-0.39, 0.29) is 60.4 Å². The first-order valence-corrected chi connectivity index (χ1v) is 22.9. The molecule has 0 fully saturated rings. The molecule has 6 aromatic carbocycles. The normalized spacial score (nSPS) is 19.0. The van der Waals surface area contributed by atoms with Crippen LogP contribution in [0.1, 0.15) is 193 Å². The number of benzene rings is 6. The van der Waals surface area contributed by atoms with Gasteiger partial charge in [0.25, 0.3) is 0 Å². The number of pyridine rings is 1. The molecule has 1 N–H and O–H groups in total. The number of phenols is 1. The molecule has 0 unspecified atom stereocenters. The number of aromatic nitrogens is 3. The smallest absolute Gasteiger partial charge is 0.148 e. The summed E-state index contributed by atoms with van der Waals surface area (Å²) in [6.07, 6.45) is 1.66. The van der Waals surface area contributed by atoms with Crippen molar-refractivity contribution in [2.75, 3.05) is 0 Å². The maximum absolute atomic E-state index is 13.1. The van der Waals surface area contributed by atoms with Gasteiger partial charge in [-0.25, -0.2) is 4.98 Å². The van der Waals surface area contributed by atoms with Crippen LogP contribution in [0.15, 0.2) is 121 Å². The van der Waals surface area contributed by atoms with Crippen molar-refractivity contribution in [3.63, 3.8) is 0 Å². The van der Waals surface area contributed by atoms with Gasteiger partial charge in [-0.2, -0.15) is 0 Å². The number of rotatable bonds is 8. The largest absolute Gasteiger partial charge is 0.507 e. The van der Waals surface area contributed by atoms with Crippen LogP contribution in [0.25, 0.3) is 72.7 Å². The minimum absolute atomic E-state index is 0. The first kappa shape index (κ1) is 29.7. The molecule has 0 saturated heterocycles. The molecule has 0 amide bonds. The van der Waals surface area contributed by atoms with Crippen LogP contribution >= 0.6 is 0 Å². The molecule has 8 aromatic rings. The van der Waals surface area contributed by atoms with Gasteiger partial charge in [0.1, 0.15) is 11.6 Å². The molecule has 8 rings (SSSR count). The van der Waals surface area contributed by atoms with E-state index in [1.807, 2.05) is 57.2 Å². The second-order valence-electron chi connectivity index (χ2n) is 20.6. The average Bonchev–Trinajstić information content (AvgIpc) is 0.942. The van der Waals surface area contributed by atoms with E-state index in [9.17, 15) is 9.22 Å². The van der Waals surface area contributed by atoms with Crippen molar-refractivity contribution in [3.05, 3.63) is 166 Å². The molecule has 5 heteroatoms. The predicted molar refractivity (Wildman–Crippen MR) is 294 cm³/mol. The van der Waals surface area contributed by atoms with Gasteiger partial charge in [-0.05, 0) is 121 Å². The number of imidazole rings is 1. The molecule has 0 atom stereocenters. The monoisotopic (exact) mass is 1130 g/mol. The number of fused-ring (bicyclic) bond motifs is 1. The number of nitrogens with zero attached hydrogens (tertiary/aromatic N) is 3. The minimum atomic E-state index is -4.27. The van der Waals surface area contributed by atoms with Crippen LogP contribution in [-0.2, 0) is 42.7 Å². The zero-order valence-corrected chi connectivity index (χ0v) is 43.4. The molecule has 0 aliphatic heterocycles. The van der Waals surface area contributed by atoms with Gasteiger partial charge in [0.2, 0.25) is 0 Å². The van der Waals surface area contributed by atoms with E-state index in [0.717, 1.165) is 26.8 Å². The van der Waals surface area contributed by atoms with Gasteiger partial charge in [-0.3, -0.25) is 9.55 Å². The molecule has 0 bridgehead atoms. The van der Waals surface area contributed by atoms with Gasteiger partial charge >= 0.3 is 0 Å². The summed E-state index contributed by atoms with van der Waals surface area (Å²) in [5, 5.41) is 13.1. The third-order valence-corrected chi connectivity index (χ3v) is 12.7. The third-order valence-electron chi connectivity index (χ3n) is 12.7. The van der Waals surface area contributed by atoms with Crippen molar-refractivity contribution in [1.82, 2.24) is 14.5 Å². The van der Waals surface area contributed by atoms with E-state index in [1.165, 1.54) is 24.3 Å². The average molecular weight is 1130 g/mol. The van der Waals surface area contributed by atoms with Gasteiger partial charge in [-0.15, -0.1) is 29.3 Å². The van der Waals surface area contributed by atoms with Crippen molar-refractivity contribution < 1.29 is 57.7 Å². The van der Waals surface area contributed by atoms with Crippen LogP contribution in [-0.4, -0.2) is 19.6 Å². The van der Waals surface area contributed by atoms with E-state index in [2.05, 4.69) is 39.0 Å².